The molecule has 0 saturated carbocycles. The lowest BCUT2D eigenvalue weighted by Gasteiger charge is -2.43. The van der Waals surface area contributed by atoms with Crippen LogP contribution in [0.5, 0.6) is 0 Å². The summed E-state index contributed by atoms with van der Waals surface area (Å²) in [5, 5.41) is 2.06. The molecule has 0 aromatic carbocycles. The second kappa shape index (κ2) is 7.54. The summed E-state index contributed by atoms with van der Waals surface area (Å²) in [7, 11) is 0. The van der Waals surface area contributed by atoms with Crippen LogP contribution in [0.2, 0.25) is 0 Å². The van der Waals surface area contributed by atoms with Gasteiger partial charge >= 0.3 is 0 Å². The van der Waals surface area contributed by atoms with E-state index in [-0.39, 0.29) is 11.5 Å². The molecule has 1 spiro atoms. The van der Waals surface area contributed by atoms with Gasteiger partial charge < -0.3 is 9.64 Å². The Bertz CT molecular complexity index is 571. The lowest BCUT2D eigenvalue weighted by Crippen LogP contribution is -2.53. The highest BCUT2D eigenvalue weighted by atomic mass is 32.1. The maximum absolute atomic E-state index is 12.7. The van der Waals surface area contributed by atoms with Gasteiger partial charge in [-0.1, -0.05) is 13.8 Å². The van der Waals surface area contributed by atoms with Crippen LogP contribution < -0.4 is 0 Å². The summed E-state index contributed by atoms with van der Waals surface area (Å²) in [4.78, 5) is 18.2. The van der Waals surface area contributed by atoms with Crippen molar-refractivity contribution in [3.8, 4) is 0 Å². The fraction of sp³-hybridized carbons (Fsp3) is 0.737. The number of nitrogens with zero attached hydrogens (tertiary/aromatic N) is 2. The molecule has 0 radical (unpaired) electrons. The summed E-state index contributed by atoms with van der Waals surface area (Å²) in [6.45, 7) is 12.3. The van der Waals surface area contributed by atoms with Crippen molar-refractivity contribution in [2.24, 2.45) is 5.92 Å². The van der Waals surface area contributed by atoms with Crippen LogP contribution in [0.15, 0.2) is 11.4 Å². The number of ether oxygens (including phenoxy) is 1. The van der Waals surface area contributed by atoms with Crippen molar-refractivity contribution in [3.05, 3.63) is 21.9 Å². The number of rotatable bonds is 3. The first-order valence-electron chi connectivity index (χ1n) is 9.18. The number of thiophene rings is 1. The third kappa shape index (κ3) is 4.19. The average Bonchev–Trinajstić information content (AvgIpc) is 2.86. The second-order valence-corrected chi connectivity index (χ2v) is 8.71. The summed E-state index contributed by atoms with van der Waals surface area (Å²) in [5.74, 6) is 0.881. The maximum Gasteiger partial charge on any atom is 0.263 e. The number of amides is 1. The number of carbonyl (C=O) groups excluding carboxylic acids is 1. The van der Waals surface area contributed by atoms with Gasteiger partial charge in [-0.3, -0.25) is 9.69 Å². The van der Waals surface area contributed by atoms with Crippen molar-refractivity contribution >= 4 is 17.2 Å². The van der Waals surface area contributed by atoms with Gasteiger partial charge in [0.1, 0.15) is 0 Å². The van der Waals surface area contributed by atoms with Crippen molar-refractivity contribution in [1.82, 2.24) is 9.80 Å². The molecular weight excluding hydrogens is 320 g/mol. The minimum atomic E-state index is -0.0481. The molecule has 3 rings (SSSR count). The molecular formula is C19H30N2O2S. The summed E-state index contributed by atoms with van der Waals surface area (Å²) >= 11 is 1.56. The van der Waals surface area contributed by atoms with Crippen molar-refractivity contribution in [2.45, 2.75) is 45.6 Å². The fourth-order valence-corrected chi connectivity index (χ4v) is 4.83. The molecule has 2 saturated heterocycles. The maximum atomic E-state index is 12.7. The summed E-state index contributed by atoms with van der Waals surface area (Å²) < 4.78 is 6.26. The van der Waals surface area contributed by atoms with E-state index in [2.05, 4.69) is 24.1 Å². The number of aryl methyl sites for hydroxylation is 1. The van der Waals surface area contributed by atoms with Gasteiger partial charge in [-0.25, -0.2) is 0 Å². The second-order valence-electron chi connectivity index (χ2n) is 7.79. The van der Waals surface area contributed by atoms with Gasteiger partial charge in [0.05, 0.1) is 17.1 Å². The molecule has 1 aromatic heterocycles. The van der Waals surface area contributed by atoms with Crippen LogP contribution >= 0.6 is 11.3 Å². The average molecular weight is 351 g/mol. The fourth-order valence-electron chi connectivity index (χ4n) is 3.97. The Kier molecular flexibility index (Phi) is 5.63. The largest absolute Gasteiger partial charge is 0.372 e. The van der Waals surface area contributed by atoms with Crippen LogP contribution in [-0.4, -0.2) is 60.6 Å². The van der Waals surface area contributed by atoms with Gasteiger partial charge in [0.2, 0.25) is 0 Å². The van der Waals surface area contributed by atoms with E-state index in [4.69, 9.17) is 4.74 Å². The molecule has 134 valence electrons. The van der Waals surface area contributed by atoms with Crippen LogP contribution in [0.1, 0.15) is 48.3 Å². The Balaban J connectivity index is 1.63. The third-order valence-electron chi connectivity index (χ3n) is 5.08. The van der Waals surface area contributed by atoms with E-state index in [1.807, 2.05) is 17.9 Å². The normalized spacial score (nSPS) is 26.1. The molecule has 1 amide bonds. The van der Waals surface area contributed by atoms with E-state index in [0.29, 0.717) is 5.92 Å². The molecule has 2 aliphatic rings. The Hall–Kier alpha value is -0.910. The number of morpholine rings is 1. The Morgan fingerprint density at radius 2 is 2.17 bits per heavy atom. The Morgan fingerprint density at radius 3 is 2.88 bits per heavy atom. The molecule has 3 heterocycles. The van der Waals surface area contributed by atoms with E-state index in [1.165, 1.54) is 5.56 Å². The summed E-state index contributed by atoms with van der Waals surface area (Å²) in [6.07, 6.45) is 3.05. The molecule has 1 aromatic rings. The lowest BCUT2D eigenvalue weighted by molar-refractivity contribution is -0.117. The molecule has 5 heteroatoms. The van der Waals surface area contributed by atoms with E-state index in [0.717, 1.165) is 63.5 Å². The lowest BCUT2D eigenvalue weighted by atomic mass is 9.92. The zero-order valence-corrected chi connectivity index (χ0v) is 16.0. The number of hydrogen-bond acceptors (Lipinski definition) is 4. The van der Waals surface area contributed by atoms with Crippen molar-refractivity contribution in [2.75, 3.05) is 39.3 Å². The standard InChI is InChI=1S/C19H30N2O2S/c1-15(2)12-20-9-10-23-19(14-20)5-4-7-21(8-6-19)18(22)17-11-16(3)13-24-17/h11,13,15H,4-10,12,14H2,1-3H3. The molecule has 4 nitrogen and oxygen atoms in total. The quantitative estimate of drug-likeness (QED) is 0.837. The molecule has 1 unspecified atom stereocenters. The first kappa shape index (κ1) is 17.9. The number of carbonyl (C=O) groups is 1. The van der Waals surface area contributed by atoms with Crippen LogP contribution in [0, 0.1) is 12.8 Å². The van der Waals surface area contributed by atoms with Crippen LogP contribution in [-0.2, 0) is 4.74 Å². The van der Waals surface area contributed by atoms with E-state index in [9.17, 15) is 4.79 Å². The summed E-state index contributed by atoms with van der Waals surface area (Å²) in [5.41, 5.74) is 1.13. The topological polar surface area (TPSA) is 32.8 Å². The van der Waals surface area contributed by atoms with Crippen molar-refractivity contribution in [1.29, 1.82) is 0 Å². The van der Waals surface area contributed by atoms with E-state index < -0.39 is 0 Å². The molecule has 24 heavy (non-hydrogen) atoms. The van der Waals surface area contributed by atoms with E-state index >= 15 is 0 Å². The number of hydrogen-bond donors (Lipinski definition) is 0. The molecule has 0 N–H and O–H groups in total. The minimum absolute atomic E-state index is 0.0481. The highest BCUT2D eigenvalue weighted by Gasteiger charge is 2.39. The van der Waals surface area contributed by atoms with Gasteiger partial charge in [0, 0.05) is 32.7 Å². The van der Waals surface area contributed by atoms with Crippen LogP contribution in [0.3, 0.4) is 0 Å². The van der Waals surface area contributed by atoms with Gasteiger partial charge in [-0.2, -0.15) is 0 Å². The Morgan fingerprint density at radius 1 is 1.33 bits per heavy atom. The number of likely N-dealkylation sites (tertiary alicyclic amines) is 1. The van der Waals surface area contributed by atoms with Crippen molar-refractivity contribution < 1.29 is 9.53 Å². The van der Waals surface area contributed by atoms with Gasteiger partial charge in [-0.15, -0.1) is 11.3 Å². The monoisotopic (exact) mass is 350 g/mol. The van der Waals surface area contributed by atoms with Crippen LogP contribution in [0.25, 0.3) is 0 Å². The van der Waals surface area contributed by atoms with E-state index in [1.54, 1.807) is 11.3 Å². The molecule has 2 fully saturated rings. The first-order valence-corrected chi connectivity index (χ1v) is 10.1. The van der Waals surface area contributed by atoms with Crippen molar-refractivity contribution in [3.63, 3.8) is 0 Å². The van der Waals surface area contributed by atoms with Gasteiger partial charge in [0.15, 0.2) is 0 Å². The molecule has 0 aliphatic carbocycles. The highest BCUT2D eigenvalue weighted by Crippen LogP contribution is 2.31. The Labute approximate surface area is 149 Å². The predicted octanol–water partition coefficient (Wildman–Crippen LogP) is 3.41. The zero-order valence-electron chi connectivity index (χ0n) is 15.2. The smallest absolute Gasteiger partial charge is 0.263 e. The highest BCUT2D eigenvalue weighted by molar-refractivity contribution is 7.12. The third-order valence-corrected chi connectivity index (χ3v) is 6.11. The zero-order chi connectivity index (χ0) is 17.2. The SMILES string of the molecule is Cc1csc(C(=O)N2CCCC3(CC2)CN(CC(C)C)CCO3)c1. The molecule has 1 atom stereocenters. The first-order chi connectivity index (χ1) is 11.5. The predicted molar refractivity (Wildman–Crippen MR) is 98.8 cm³/mol. The summed E-state index contributed by atoms with van der Waals surface area (Å²) in [6, 6.07) is 2.01. The minimum Gasteiger partial charge on any atom is -0.372 e. The molecule has 0 bridgehead atoms. The molecule has 2 aliphatic heterocycles. The van der Waals surface area contributed by atoms with Gasteiger partial charge in [0.25, 0.3) is 5.91 Å². The van der Waals surface area contributed by atoms with Crippen LogP contribution in [0.4, 0.5) is 0 Å². The van der Waals surface area contributed by atoms with Gasteiger partial charge in [-0.05, 0) is 49.1 Å².